The van der Waals surface area contributed by atoms with Gasteiger partial charge >= 0.3 is 6.09 Å². The third-order valence-corrected chi connectivity index (χ3v) is 3.85. The molecule has 0 saturated heterocycles. The Morgan fingerprint density at radius 2 is 1.77 bits per heavy atom. The number of hydrogen-bond acceptors (Lipinski definition) is 4. The summed E-state index contributed by atoms with van der Waals surface area (Å²) < 4.78 is 0. The summed E-state index contributed by atoms with van der Waals surface area (Å²) in [6.07, 6.45) is 5.08. The molecule has 1 aromatic heterocycles. The van der Waals surface area contributed by atoms with E-state index >= 15 is 0 Å². The Bertz CT molecular complexity index is 873. The van der Waals surface area contributed by atoms with Crippen LogP contribution in [0.3, 0.4) is 0 Å². The molecule has 130 valence electrons. The number of aryl methyl sites for hydroxylation is 1. The molecule has 0 bridgehead atoms. The van der Waals surface area contributed by atoms with Gasteiger partial charge in [-0.3, -0.25) is 15.1 Å². The number of benzene rings is 2. The molecule has 0 radical (unpaired) electrons. The summed E-state index contributed by atoms with van der Waals surface area (Å²) in [6.45, 7) is 2.13. The largest absolute Gasteiger partial charge is 0.437 e. The lowest BCUT2D eigenvalue weighted by Gasteiger charge is -2.06. The quantitative estimate of drug-likeness (QED) is 0.407. The zero-order valence-electron chi connectivity index (χ0n) is 14.4. The monoisotopic (exact) mass is 345 g/mol. The molecule has 2 aromatic carbocycles. The summed E-state index contributed by atoms with van der Waals surface area (Å²) in [5.41, 5.74) is 4.92. The van der Waals surface area contributed by atoms with E-state index in [1.807, 2.05) is 30.3 Å². The van der Waals surface area contributed by atoms with Crippen LogP contribution in [0.25, 0.3) is 11.1 Å². The fraction of sp³-hybridized carbons (Fsp3) is 0.0952. The van der Waals surface area contributed by atoms with Crippen LogP contribution in [0.5, 0.6) is 0 Å². The number of hydrogen-bond donors (Lipinski definition) is 1. The molecule has 5 heteroatoms. The van der Waals surface area contributed by atoms with Gasteiger partial charge in [0.25, 0.3) is 0 Å². The number of carbonyl (C=O) groups is 1. The van der Waals surface area contributed by atoms with E-state index in [4.69, 9.17) is 4.84 Å². The zero-order valence-corrected chi connectivity index (χ0v) is 14.4. The van der Waals surface area contributed by atoms with Crippen LogP contribution in [-0.4, -0.2) is 17.3 Å². The van der Waals surface area contributed by atoms with Crippen LogP contribution >= 0.6 is 0 Å². The van der Waals surface area contributed by atoms with E-state index in [1.54, 1.807) is 18.5 Å². The van der Waals surface area contributed by atoms with Gasteiger partial charge in [-0.15, -0.1) is 0 Å². The Kier molecular flexibility index (Phi) is 5.72. The number of carbonyl (C=O) groups excluding carboxylic acids is 1. The van der Waals surface area contributed by atoms with Gasteiger partial charge in [0.05, 0.1) is 6.21 Å². The number of amides is 1. The first-order chi connectivity index (χ1) is 12.7. The molecular weight excluding hydrogens is 326 g/mol. The average molecular weight is 345 g/mol. The molecule has 0 fully saturated rings. The highest BCUT2D eigenvalue weighted by atomic mass is 16.7. The Hall–Kier alpha value is -3.47. The maximum absolute atomic E-state index is 11.8. The van der Waals surface area contributed by atoms with Gasteiger partial charge in [0.15, 0.2) is 0 Å². The molecule has 0 aliphatic heterocycles. The van der Waals surface area contributed by atoms with Crippen molar-refractivity contribution >= 4 is 18.0 Å². The highest BCUT2D eigenvalue weighted by Gasteiger charge is 2.03. The molecule has 0 aliphatic rings. The number of anilines is 1. The summed E-state index contributed by atoms with van der Waals surface area (Å²) in [7, 11) is 0. The van der Waals surface area contributed by atoms with Gasteiger partial charge in [-0.1, -0.05) is 54.5 Å². The number of aromatic nitrogens is 1. The molecule has 0 spiro atoms. The second-order valence-corrected chi connectivity index (χ2v) is 5.65. The molecule has 5 nitrogen and oxygen atoms in total. The van der Waals surface area contributed by atoms with Crippen molar-refractivity contribution in [2.24, 2.45) is 5.16 Å². The van der Waals surface area contributed by atoms with Crippen LogP contribution in [0.2, 0.25) is 0 Å². The van der Waals surface area contributed by atoms with Crippen molar-refractivity contribution in [3.05, 3.63) is 84.2 Å². The predicted octanol–water partition coefficient (Wildman–Crippen LogP) is 4.89. The Morgan fingerprint density at radius 1 is 1.08 bits per heavy atom. The minimum Gasteiger partial charge on any atom is -0.298 e. The zero-order chi connectivity index (χ0) is 18.2. The van der Waals surface area contributed by atoms with Crippen LogP contribution in [0.4, 0.5) is 10.5 Å². The molecule has 0 atom stereocenters. The summed E-state index contributed by atoms with van der Waals surface area (Å²) in [6, 6.07) is 19.6. The maximum atomic E-state index is 11.8. The van der Waals surface area contributed by atoms with E-state index in [1.165, 1.54) is 11.8 Å². The van der Waals surface area contributed by atoms with Crippen molar-refractivity contribution in [2.45, 2.75) is 13.3 Å². The molecule has 26 heavy (non-hydrogen) atoms. The minimum absolute atomic E-state index is 0.639. The van der Waals surface area contributed by atoms with Crippen molar-refractivity contribution in [1.29, 1.82) is 0 Å². The number of rotatable bonds is 5. The van der Waals surface area contributed by atoms with Gasteiger partial charge in [-0.2, -0.15) is 0 Å². The number of nitrogens with one attached hydrogen (secondary N) is 1. The second-order valence-electron chi connectivity index (χ2n) is 5.65. The van der Waals surface area contributed by atoms with Crippen molar-refractivity contribution in [3.63, 3.8) is 0 Å². The Morgan fingerprint density at radius 3 is 2.38 bits per heavy atom. The van der Waals surface area contributed by atoms with Crippen LogP contribution in [0.15, 0.2) is 78.2 Å². The lowest BCUT2D eigenvalue weighted by atomic mass is 10.0. The van der Waals surface area contributed by atoms with Crippen molar-refractivity contribution in [2.75, 3.05) is 5.32 Å². The van der Waals surface area contributed by atoms with E-state index in [9.17, 15) is 4.79 Å². The SMILES string of the molecule is CCc1ccc(-c2ccc(NC(=O)ON=Cc3cccnc3)cc2)cc1. The molecule has 1 amide bonds. The summed E-state index contributed by atoms with van der Waals surface area (Å²) >= 11 is 0. The van der Waals surface area contributed by atoms with Crippen LogP contribution in [0, 0.1) is 0 Å². The van der Waals surface area contributed by atoms with Gasteiger partial charge in [-0.05, 0) is 41.3 Å². The lowest BCUT2D eigenvalue weighted by molar-refractivity contribution is 0.167. The number of oxime groups is 1. The van der Waals surface area contributed by atoms with Gasteiger partial charge < -0.3 is 0 Å². The Balaban J connectivity index is 1.56. The molecule has 3 aromatic rings. The number of nitrogens with zero attached hydrogens (tertiary/aromatic N) is 2. The van der Waals surface area contributed by atoms with Gasteiger partial charge in [0, 0.05) is 23.6 Å². The fourth-order valence-corrected chi connectivity index (χ4v) is 2.41. The topological polar surface area (TPSA) is 63.6 Å². The summed E-state index contributed by atoms with van der Waals surface area (Å²) in [5, 5.41) is 6.28. The molecule has 0 unspecified atom stereocenters. The molecule has 0 aliphatic carbocycles. The lowest BCUT2D eigenvalue weighted by Crippen LogP contribution is -2.10. The van der Waals surface area contributed by atoms with E-state index in [-0.39, 0.29) is 0 Å². The molecule has 0 saturated carbocycles. The first kappa shape index (κ1) is 17.4. The molecule has 3 rings (SSSR count). The van der Waals surface area contributed by atoms with Crippen LogP contribution in [0.1, 0.15) is 18.1 Å². The van der Waals surface area contributed by atoms with Crippen molar-refractivity contribution < 1.29 is 9.63 Å². The van der Waals surface area contributed by atoms with E-state index in [0.29, 0.717) is 5.69 Å². The third-order valence-electron chi connectivity index (χ3n) is 3.85. The van der Waals surface area contributed by atoms with E-state index in [0.717, 1.165) is 23.1 Å². The molecular formula is C21H19N3O2. The van der Waals surface area contributed by atoms with Gasteiger partial charge in [0.2, 0.25) is 0 Å². The minimum atomic E-state index is -0.648. The highest BCUT2D eigenvalue weighted by Crippen LogP contribution is 2.22. The predicted molar refractivity (Wildman–Crippen MR) is 103 cm³/mol. The van der Waals surface area contributed by atoms with Crippen molar-refractivity contribution in [3.8, 4) is 11.1 Å². The molecule has 1 N–H and O–H groups in total. The summed E-state index contributed by atoms with van der Waals surface area (Å²) in [4.78, 5) is 20.5. The standard InChI is InChI=1S/C21H19N3O2/c1-2-16-5-7-18(8-6-16)19-9-11-20(12-10-19)24-21(25)26-23-15-17-4-3-13-22-14-17/h3-15H,2H2,1H3,(H,24,25). The highest BCUT2D eigenvalue weighted by molar-refractivity contribution is 5.86. The second kappa shape index (κ2) is 8.58. The fourth-order valence-electron chi connectivity index (χ4n) is 2.41. The third kappa shape index (κ3) is 4.77. The first-order valence-electron chi connectivity index (χ1n) is 8.35. The van der Waals surface area contributed by atoms with Crippen LogP contribution in [-0.2, 0) is 11.3 Å². The first-order valence-corrected chi connectivity index (χ1v) is 8.35. The van der Waals surface area contributed by atoms with Crippen LogP contribution < -0.4 is 5.32 Å². The normalized spacial score (nSPS) is 10.7. The Labute approximate surface area is 152 Å². The molecule has 1 heterocycles. The van der Waals surface area contributed by atoms with Gasteiger partial charge in [0.1, 0.15) is 0 Å². The smallest absolute Gasteiger partial charge is 0.298 e. The van der Waals surface area contributed by atoms with Crippen molar-refractivity contribution in [1.82, 2.24) is 4.98 Å². The van der Waals surface area contributed by atoms with E-state index < -0.39 is 6.09 Å². The maximum Gasteiger partial charge on any atom is 0.437 e. The number of pyridine rings is 1. The average Bonchev–Trinajstić information content (AvgIpc) is 2.69. The van der Waals surface area contributed by atoms with Gasteiger partial charge in [-0.25, -0.2) is 4.79 Å². The van der Waals surface area contributed by atoms with E-state index in [2.05, 4.69) is 46.6 Å². The summed E-state index contributed by atoms with van der Waals surface area (Å²) in [5.74, 6) is 0.